The zero-order chi connectivity index (χ0) is 20.7. The summed E-state index contributed by atoms with van der Waals surface area (Å²) in [6.45, 7) is 5.19. The van der Waals surface area contributed by atoms with Gasteiger partial charge in [-0.15, -0.1) is 24.0 Å². The van der Waals surface area contributed by atoms with Crippen LogP contribution in [0.1, 0.15) is 23.6 Å². The molecule has 0 saturated carbocycles. The number of aromatic hydroxyl groups is 1. The monoisotopic (exact) mass is 533 g/mol. The molecule has 0 aliphatic rings. The summed E-state index contributed by atoms with van der Waals surface area (Å²) < 4.78 is 28.7. The summed E-state index contributed by atoms with van der Waals surface area (Å²) in [5.41, 5.74) is 2.30. The molecule has 0 atom stereocenters. The van der Waals surface area contributed by atoms with Crippen molar-refractivity contribution < 1.29 is 18.3 Å². The van der Waals surface area contributed by atoms with Crippen molar-refractivity contribution in [3.63, 3.8) is 0 Å². The van der Waals surface area contributed by atoms with Crippen molar-refractivity contribution in [3.8, 4) is 11.5 Å². The van der Waals surface area contributed by atoms with Crippen LogP contribution in [0.4, 0.5) is 0 Å². The molecule has 0 amide bonds. The summed E-state index contributed by atoms with van der Waals surface area (Å²) in [6.07, 6.45) is 1.20. The maximum Gasteiger partial charge on any atom is 0.191 e. The Bertz CT molecular complexity index is 962. The molecule has 160 valence electrons. The molecule has 3 N–H and O–H groups in total. The molecule has 0 aliphatic carbocycles. The number of hydrogen-bond acceptors (Lipinski definition) is 5. The van der Waals surface area contributed by atoms with Crippen molar-refractivity contribution in [1.82, 2.24) is 10.6 Å². The molecule has 0 unspecified atom stereocenters. The molecule has 0 saturated heterocycles. The van der Waals surface area contributed by atoms with Gasteiger partial charge in [0.2, 0.25) is 0 Å². The van der Waals surface area contributed by atoms with Crippen LogP contribution in [0.2, 0.25) is 0 Å². The molecule has 0 heterocycles. The van der Waals surface area contributed by atoms with Gasteiger partial charge in [0, 0.05) is 24.9 Å². The van der Waals surface area contributed by atoms with E-state index in [9.17, 15) is 13.5 Å². The molecule has 0 bridgehead atoms. The summed E-state index contributed by atoms with van der Waals surface area (Å²) in [4.78, 5) is 4.87. The van der Waals surface area contributed by atoms with Crippen LogP contribution in [0, 0.1) is 6.92 Å². The van der Waals surface area contributed by atoms with Gasteiger partial charge in [0.1, 0.15) is 11.5 Å². The Morgan fingerprint density at radius 3 is 2.48 bits per heavy atom. The van der Waals surface area contributed by atoms with Gasteiger partial charge in [0.05, 0.1) is 18.6 Å². The van der Waals surface area contributed by atoms with E-state index in [1.54, 1.807) is 44.4 Å². The Kier molecular flexibility index (Phi) is 9.71. The molecule has 2 rings (SSSR count). The molecule has 0 aliphatic heterocycles. The highest BCUT2D eigenvalue weighted by Gasteiger charge is 2.11. The predicted molar refractivity (Wildman–Crippen MR) is 126 cm³/mol. The average molecular weight is 533 g/mol. The van der Waals surface area contributed by atoms with E-state index in [4.69, 9.17) is 4.74 Å². The maximum atomic E-state index is 11.7. The number of phenolic OH excluding ortho intramolecular Hbond substituents is 1. The minimum atomic E-state index is -3.23. The molecule has 2 aromatic carbocycles. The Morgan fingerprint density at radius 2 is 1.90 bits per heavy atom. The number of ether oxygens (including phenoxy) is 1. The van der Waals surface area contributed by atoms with Gasteiger partial charge >= 0.3 is 0 Å². The summed E-state index contributed by atoms with van der Waals surface area (Å²) in [5, 5.41) is 16.3. The molecule has 0 spiro atoms. The zero-order valence-corrected chi connectivity index (χ0v) is 20.2. The number of sulfone groups is 1. The third-order valence-corrected chi connectivity index (χ3v) is 5.39. The summed E-state index contributed by atoms with van der Waals surface area (Å²) in [7, 11) is -1.66. The van der Waals surface area contributed by atoms with Gasteiger partial charge in [-0.1, -0.05) is 12.1 Å². The van der Waals surface area contributed by atoms with Crippen LogP contribution in [-0.2, 0) is 22.9 Å². The molecule has 0 fully saturated rings. The van der Waals surface area contributed by atoms with E-state index < -0.39 is 9.84 Å². The maximum absolute atomic E-state index is 11.7. The molecule has 2 aromatic rings. The number of phenols is 1. The Labute approximate surface area is 189 Å². The van der Waals surface area contributed by atoms with Crippen LogP contribution < -0.4 is 15.4 Å². The molecule has 29 heavy (non-hydrogen) atoms. The SMILES string of the molecule is CCNC(=NCc1ccc(S(C)(=O)=O)c(C)c1)NCc1cc(OC)ccc1O.I. The second kappa shape index (κ2) is 11.2. The summed E-state index contributed by atoms with van der Waals surface area (Å²) in [6, 6.07) is 10.3. The first kappa shape index (κ1) is 25.0. The second-order valence-electron chi connectivity index (χ2n) is 6.42. The number of nitrogens with zero attached hydrogens (tertiary/aromatic N) is 1. The normalized spacial score (nSPS) is 11.5. The van der Waals surface area contributed by atoms with Crippen molar-refractivity contribution >= 4 is 39.8 Å². The number of hydrogen-bond donors (Lipinski definition) is 3. The van der Waals surface area contributed by atoms with Gasteiger partial charge in [-0.25, -0.2) is 13.4 Å². The Hall–Kier alpha value is -2.01. The van der Waals surface area contributed by atoms with E-state index >= 15 is 0 Å². The highest BCUT2D eigenvalue weighted by Crippen LogP contribution is 2.22. The summed E-state index contributed by atoms with van der Waals surface area (Å²) >= 11 is 0. The van der Waals surface area contributed by atoms with Crippen molar-refractivity contribution in [2.24, 2.45) is 4.99 Å². The number of benzene rings is 2. The predicted octanol–water partition coefficient (Wildman–Crippen LogP) is 2.99. The van der Waals surface area contributed by atoms with Crippen LogP contribution in [-0.4, -0.2) is 39.4 Å². The number of rotatable bonds is 7. The third kappa shape index (κ3) is 7.39. The first-order valence-corrected chi connectivity index (χ1v) is 10.8. The fourth-order valence-corrected chi connectivity index (χ4v) is 3.71. The summed E-state index contributed by atoms with van der Waals surface area (Å²) in [5.74, 6) is 1.43. The van der Waals surface area contributed by atoms with Crippen molar-refractivity contribution in [2.75, 3.05) is 19.9 Å². The quantitative estimate of drug-likeness (QED) is 0.288. The standard InChI is InChI=1S/C20H27N3O4S.HI/c1-5-21-20(23-13-16-11-17(27-3)7-8-18(16)24)22-12-15-6-9-19(14(2)10-15)28(4,25)26;/h6-11,24H,5,12-13H2,1-4H3,(H2,21,22,23);1H. The molecule has 9 heteroatoms. The number of halogens is 1. The van der Waals surface area contributed by atoms with Crippen LogP contribution in [0.5, 0.6) is 11.5 Å². The van der Waals surface area contributed by atoms with E-state index in [0.717, 1.165) is 5.56 Å². The number of aliphatic imine (C=N–C) groups is 1. The smallest absolute Gasteiger partial charge is 0.191 e. The highest BCUT2D eigenvalue weighted by molar-refractivity contribution is 14.0. The lowest BCUT2D eigenvalue weighted by atomic mass is 10.1. The lowest BCUT2D eigenvalue weighted by Gasteiger charge is -2.13. The van der Waals surface area contributed by atoms with E-state index in [2.05, 4.69) is 15.6 Å². The molecular weight excluding hydrogens is 505 g/mol. The zero-order valence-electron chi connectivity index (χ0n) is 17.0. The van der Waals surface area contributed by atoms with Gasteiger partial charge in [0.25, 0.3) is 0 Å². The molecule has 7 nitrogen and oxygen atoms in total. The first-order chi connectivity index (χ1) is 13.2. The number of nitrogens with one attached hydrogen (secondary N) is 2. The van der Waals surface area contributed by atoms with E-state index in [0.29, 0.717) is 47.4 Å². The van der Waals surface area contributed by atoms with Crippen molar-refractivity contribution in [3.05, 3.63) is 53.1 Å². The molecule has 0 aromatic heterocycles. The fraction of sp³-hybridized carbons (Fsp3) is 0.350. The molecular formula is C20H28IN3O4S. The van der Waals surface area contributed by atoms with Crippen LogP contribution >= 0.6 is 24.0 Å². The van der Waals surface area contributed by atoms with Crippen LogP contribution in [0.25, 0.3) is 0 Å². The first-order valence-electron chi connectivity index (χ1n) is 8.92. The molecule has 0 radical (unpaired) electrons. The van der Waals surface area contributed by atoms with Gasteiger partial charge < -0.3 is 20.5 Å². The second-order valence-corrected chi connectivity index (χ2v) is 8.40. The fourth-order valence-electron chi connectivity index (χ4n) is 2.75. The highest BCUT2D eigenvalue weighted by atomic mass is 127. The number of methoxy groups -OCH3 is 1. The third-order valence-electron chi connectivity index (χ3n) is 4.14. The Balaban J connectivity index is 0.00000420. The van der Waals surface area contributed by atoms with Crippen molar-refractivity contribution in [1.29, 1.82) is 0 Å². The minimum Gasteiger partial charge on any atom is -0.508 e. The lowest BCUT2D eigenvalue weighted by Crippen LogP contribution is -2.36. The minimum absolute atomic E-state index is 0. The van der Waals surface area contributed by atoms with Crippen molar-refractivity contribution in [2.45, 2.75) is 31.8 Å². The van der Waals surface area contributed by atoms with Gasteiger partial charge in [0.15, 0.2) is 15.8 Å². The van der Waals surface area contributed by atoms with E-state index in [1.165, 1.54) is 6.26 Å². The largest absolute Gasteiger partial charge is 0.508 e. The lowest BCUT2D eigenvalue weighted by molar-refractivity contribution is 0.410. The topological polar surface area (TPSA) is 100 Å². The van der Waals surface area contributed by atoms with Crippen LogP contribution in [0.15, 0.2) is 46.3 Å². The van der Waals surface area contributed by atoms with Crippen LogP contribution in [0.3, 0.4) is 0 Å². The average Bonchev–Trinajstić information content (AvgIpc) is 2.64. The van der Waals surface area contributed by atoms with Gasteiger partial charge in [-0.3, -0.25) is 0 Å². The van der Waals surface area contributed by atoms with E-state index in [-0.39, 0.29) is 29.7 Å². The van der Waals surface area contributed by atoms with Gasteiger partial charge in [-0.2, -0.15) is 0 Å². The van der Waals surface area contributed by atoms with E-state index in [1.807, 2.05) is 13.0 Å². The Morgan fingerprint density at radius 1 is 1.17 bits per heavy atom. The van der Waals surface area contributed by atoms with Gasteiger partial charge in [-0.05, 0) is 49.2 Å². The number of aryl methyl sites for hydroxylation is 1. The number of guanidine groups is 1.